The number of piperidine rings is 1. The smallest absolute Gasteiger partial charge is 0.243 e. The van der Waals surface area contributed by atoms with Crippen molar-refractivity contribution in [2.75, 3.05) is 33.3 Å². The number of likely N-dealkylation sites (tertiary alicyclic amines) is 1. The first-order valence-electron chi connectivity index (χ1n) is 11.1. The largest absolute Gasteiger partial charge is 0.497 e. The third-order valence-corrected chi connectivity index (χ3v) is 9.39. The van der Waals surface area contributed by atoms with Crippen LogP contribution in [-0.4, -0.2) is 62.1 Å². The molecule has 6 nitrogen and oxygen atoms in total. The molecule has 0 amide bonds. The molecule has 166 valence electrons. The van der Waals surface area contributed by atoms with E-state index in [0.29, 0.717) is 29.8 Å². The summed E-state index contributed by atoms with van der Waals surface area (Å²) in [7, 11) is -1.94. The van der Waals surface area contributed by atoms with Crippen LogP contribution in [0.5, 0.6) is 5.75 Å². The Bertz CT molecular complexity index is 860. The molecular formula is C22H33N3O3S2. The standard InChI is InChI=1S/C22H33N3O3S2/c1-28-19-8-5-9-20(16-19)30(26,27)25-14-11-22(12-15-25)10-13-24(17-22)21(29)23-18-6-3-2-4-7-18/h5,8-9,16,18H,2-4,6-7,10-15,17H2,1H3,(H,23,29). The molecule has 3 aliphatic rings. The molecule has 0 aromatic heterocycles. The van der Waals surface area contributed by atoms with Crippen LogP contribution in [0.4, 0.5) is 0 Å². The van der Waals surface area contributed by atoms with Crippen molar-refractivity contribution in [3.05, 3.63) is 24.3 Å². The average molecular weight is 452 g/mol. The number of sulfonamides is 1. The van der Waals surface area contributed by atoms with Gasteiger partial charge < -0.3 is 15.0 Å². The molecule has 2 saturated heterocycles. The van der Waals surface area contributed by atoms with Gasteiger partial charge in [0.05, 0.1) is 12.0 Å². The number of benzene rings is 1. The van der Waals surface area contributed by atoms with Gasteiger partial charge in [-0.05, 0) is 61.9 Å². The number of ether oxygens (including phenoxy) is 1. The van der Waals surface area contributed by atoms with E-state index in [1.165, 1.54) is 32.1 Å². The summed E-state index contributed by atoms with van der Waals surface area (Å²) in [6, 6.07) is 7.27. The Morgan fingerprint density at radius 2 is 1.83 bits per heavy atom. The number of hydrogen-bond acceptors (Lipinski definition) is 4. The van der Waals surface area contributed by atoms with Crippen molar-refractivity contribution >= 4 is 27.4 Å². The molecule has 1 spiro atoms. The second-order valence-electron chi connectivity index (χ2n) is 9.04. The highest BCUT2D eigenvalue weighted by atomic mass is 32.2. The Balaban J connectivity index is 1.34. The van der Waals surface area contributed by atoms with Gasteiger partial charge in [-0.1, -0.05) is 25.3 Å². The number of nitrogens with one attached hydrogen (secondary N) is 1. The molecule has 4 rings (SSSR count). The van der Waals surface area contributed by atoms with Gasteiger partial charge in [0.2, 0.25) is 10.0 Å². The van der Waals surface area contributed by atoms with Crippen molar-refractivity contribution in [2.24, 2.45) is 5.41 Å². The molecule has 2 aliphatic heterocycles. The number of methoxy groups -OCH3 is 1. The van der Waals surface area contributed by atoms with Gasteiger partial charge >= 0.3 is 0 Å². The van der Waals surface area contributed by atoms with E-state index in [1.54, 1.807) is 35.7 Å². The molecule has 0 unspecified atom stereocenters. The summed E-state index contributed by atoms with van der Waals surface area (Å²) in [4.78, 5) is 2.62. The van der Waals surface area contributed by atoms with Crippen LogP contribution in [0.2, 0.25) is 0 Å². The fourth-order valence-corrected chi connectivity index (χ4v) is 6.94. The molecule has 0 radical (unpaired) electrons. The van der Waals surface area contributed by atoms with Gasteiger partial charge in [-0.25, -0.2) is 8.42 Å². The Labute approximate surface area is 186 Å². The normalized spacial score (nSPS) is 22.9. The van der Waals surface area contributed by atoms with Gasteiger partial charge in [0.15, 0.2) is 5.11 Å². The maximum Gasteiger partial charge on any atom is 0.243 e. The summed E-state index contributed by atoms with van der Waals surface area (Å²) >= 11 is 5.71. The van der Waals surface area contributed by atoms with Crippen molar-refractivity contribution in [3.63, 3.8) is 0 Å². The lowest BCUT2D eigenvalue weighted by molar-refractivity contribution is 0.166. The average Bonchev–Trinajstić information content (AvgIpc) is 3.18. The van der Waals surface area contributed by atoms with Crippen LogP contribution in [0.15, 0.2) is 29.2 Å². The summed E-state index contributed by atoms with van der Waals surface area (Å²) in [6.45, 7) is 3.05. The fraction of sp³-hybridized carbons (Fsp3) is 0.682. The minimum Gasteiger partial charge on any atom is -0.497 e. The van der Waals surface area contributed by atoms with Crippen LogP contribution < -0.4 is 10.1 Å². The topological polar surface area (TPSA) is 61.9 Å². The third kappa shape index (κ3) is 4.60. The zero-order valence-electron chi connectivity index (χ0n) is 17.8. The Morgan fingerprint density at radius 1 is 1.13 bits per heavy atom. The van der Waals surface area contributed by atoms with E-state index in [9.17, 15) is 8.42 Å². The molecule has 1 aromatic carbocycles. The molecule has 2 heterocycles. The molecule has 0 atom stereocenters. The van der Waals surface area contributed by atoms with Crippen molar-refractivity contribution in [1.29, 1.82) is 0 Å². The lowest BCUT2D eigenvalue weighted by Gasteiger charge is -2.39. The molecule has 1 saturated carbocycles. The van der Waals surface area contributed by atoms with Crippen molar-refractivity contribution in [3.8, 4) is 5.75 Å². The quantitative estimate of drug-likeness (QED) is 0.708. The maximum absolute atomic E-state index is 13.1. The molecule has 1 aromatic rings. The monoisotopic (exact) mass is 451 g/mol. The number of thiocarbonyl (C=S) groups is 1. The van der Waals surface area contributed by atoms with Crippen molar-refractivity contribution < 1.29 is 13.2 Å². The van der Waals surface area contributed by atoms with Crippen LogP contribution in [0.3, 0.4) is 0 Å². The molecule has 0 bridgehead atoms. The Morgan fingerprint density at radius 3 is 2.53 bits per heavy atom. The molecule has 1 N–H and O–H groups in total. The Kier molecular flexibility index (Phi) is 6.55. The summed E-state index contributed by atoms with van der Waals surface area (Å²) in [5.74, 6) is 0.565. The molecule has 30 heavy (non-hydrogen) atoms. The van der Waals surface area contributed by atoms with Crippen molar-refractivity contribution in [2.45, 2.75) is 62.3 Å². The zero-order chi connectivity index (χ0) is 21.2. The van der Waals surface area contributed by atoms with E-state index in [1.807, 2.05) is 0 Å². The number of hydrogen-bond donors (Lipinski definition) is 1. The first-order chi connectivity index (χ1) is 14.4. The van der Waals surface area contributed by atoms with Crippen LogP contribution >= 0.6 is 12.2 Å². The molecular weight excluding hydrogens is 418 g/mol. The second-order valence-corrected chi connectivity index (χ2v) is 11.4. The van der Waals surface area contributed by atoms with E-state index < -0.39 is 10.0 Å². The fourth-order valence-electron chi connectivity index (χ4n) is 5.14. The molecule has 1 aliphatic carbocycles. The summed E-state index contributed by atoms with van der Waals surface area (Å²) in [6.07, 6.45) is 9.23. The van der Waals surface area contributed by atoms with Gasteiger partial charge in [0.1, 0.15) is 5.75 Å². The molecule has 3 fully saturated rings. The van der Waals surface area contributed by atoms with Crippen molar-refractivity contribution in [1.82, 2.24) is 14.5 Å². The van der Waals surface area contributed by atoms with E-state index >= 15 is 0 Å². The van der Waals surface area contributed by atoms with E-state index in [2.05, 4.69) is 10.2 Å². The maximum atomic E-state index is 13.1. The first-order valence-corrected chi connectivity index (χ1v) is 13.0. The first kappa shape index (κ1) is 21.8. The Hall–Kier alpha value is -1.38. The molecule has 8 heteroatoms. The minimum absolute atomic E-state index is 0.179. The number of nitrogens with zero attached hydrogens (tertiary/aromatic N) is 2. The van der Waals surface area contributed by atoms with E-state index in [0.717, 1.165) is 37.5 Å². The minimum atomic E-state index is -3.49. The SMILES string of the molecule is COc1cccc(S(=O)(=O)N2CCC3(CCN(C(=S)NC4CCCCC4)C3)CC2)c1. The van der Waals surface area contributed by atoms with Gasteiger partial charge in [-0.15, -0.1) is 0 Å². The summed E-state index contributed by atoms with van der Waals surface area (Å²) in [5.41, 5.74) is 0.179. The van der Waals surface area contributed by atoms with E-state index in [4.69, 9.17) is 17.0 Å². The van der Waals surface area contributed by atoms with Crippen LogP contribution in [0.1, 0.15) is 51.4 Å². The predicted molar refractivity (Wildman–Crippen MR) is 122 cm³/mol. The second kappa shape index (κ2) is 9.01. The van der Waals surface area contributed by atoms with Gasteiger partial charge in [0.25, 0.3) is 0 Å². The highest BCUT2D eigenvalue weighted by Gasteiger charge is 2.43. The van der Waals surface area contributed by atoms with Crippen LogP contribution in [-0.2, 0) is 10.0 Å². The van der Waals surface area contributed by atoms with E-state index in [-0.39, 0.29) is 5.41 Å². The summed E-state index contributed by atoms with van der Waals surface area (Å²) < 4.78 is 33.0. The summed E-state index contributed by atoms with van der Waals surface area (Å²) in [5, 5.41) is 4.48. The zero-order valence-corrected chi connectivity index (χ0v) is 19.4. The van der Waals surface area contributed by atoms with Gasteiger partial charge in [-0.3, -0.25) is 0 Å². The predicted octanol–water partition coefficient (Wildman–Crippen LogP) is 3.38. The highest BCUT2D eigenvalue weighted by Crippen LogP contribution is 2.41. The van der Waals surface area contributed by atoms with Gasteiger partial charge in [-0.2, -0.15) is 4.31 Å². The lowest BCUT2D eigenvalue weighted by atomic mass is 9.78. The number of rotatable bonds is 4. The highest BCUT2D eigenvalue weighted by molar-refractivity contribution is 7.89. The lowest BCUT2D eigenvalue weighted by Crippen LogP contribution is -2.47. The van der Waals surface area contributed by atoms with Crippen LogP contribution in [0, 0.1) is 5.41 Å². The van der Waals surface area contributed by atoms with Gasteiger partial charge in [0, 0.05) is 38.3 Å². The third-order valence-electron chi connectivity index (χ3n) is 7.12. The van der Waals surface area contributed by atoms with Crippen LogP contribution in [0.25, 0.3) is 0 Å².